The van der Waals surface area contributed by atoms with Crippen LogP contribution in [0.15, 0.2) is 0 Å². The van der Waals surface area contributed by atoms with E-state index in [-0.39, 0.29) is 17.8 Å². The topological polar surface area (TPSA) is 46.3 Å². The monoisotopic (exact) mass is 260 g/mol. The first kappa shape index (κ1) is 14.8. The van der Waals surface area contributed by atoms with Gasteiger partial charge in [0.05, 0.1) is 0 Å². The maximum Gasteiger partial charge on any atom is 0.228 e. The first-order valence-electron chi connectivity index (χ1n) is 6.58. The van der Waals surface area contributed by atoms with Crippen LogP contribution in [-0.2, 0) is 4.79 Å². The molecule has 4 heteroatoms. The summed E-state index contributed by atoms with van der Waals surface area (Å²) in [5, 5.41) is 0. The van der Waals surface area contributed by atoms with Gasteiger partial charge in [-0.05, 0) is 38.6 Å². The average Bonchev–Trinajstić information content (AvgIpc) is 2.85. The largest absolute Gasteiger partial charge is 0.339 e. The van der Waals surface area contributed by atoms with Gasteiger partial charge in [0.25, 0.3) is 0 Å². The van der Waals surface area contributed by atoms with Gasteiger partial charge in [0, 0.05) is 18.0 Å². The van der Waals surface area contributed by atoms with Crippen molar-refractivity contribution in [3.63, 3.8) is 0 Å². The summed E-state index contributed by atoms with van der Waals surface area (Å²) in [6.07, 6.45) is 5.65. The second kappa shape index (κ2) is 5.57. The van der Waals surface area contributed by atoms with E-state index in [0.717, 1.165) is 25.8 Å². The molecule has 1 aliphatic carbocycles. The fourth-order valence-electron chi connectivity index (χ4n) is 3.31. The number of likely N-dealkylation sites (tertiary alicyclic amines) is 1. The summed E-state index contributed by atoms with van der Waals surface area (Å²) in [6, 6.07) is 0.387. The second-order valence-electron chi connectivity index (χ2n) is 5.91. The number of halogens is 1. The molecule has 2 rings (SSSR count). The zero-order valence-corrected chi connectivity index (χ0v) is 11.8. The van der Waals surface area contributed by atoms with E-state index in [2.05, 4.69) is 18.7 Å². The van der Waals surface area contributed by atoms with Crippen LogP contribution in [0.1, 0.15) is 46.0 Å². The Hall–Kier alpha value is -0.280. The minimum Gasteiger partial charge on any atom is -0.339 e. The maximum absolute atomic E-state index is 12.5. The normalized spacial score (nSPS) is 31.4. The van der Waals surface area contributed by atoms with Crippen molar-refractivity contribution in [2.75, 3.05) is 13.1 Å². The predicted molar refractivity (Wildman–Crippen MR) is 72.2 cm³/mol. The van der Waals surface area contributed by atoms with Crippen molar-refractivity contribution in [2.45, 2.75) is 52.0 Å². The van der Waals surface area contributed by atoms with Gasteiger partial charge in [-0.15, -0.1) is 12.4 Å². The fourth-order valence-corrected chi connectivity index (χ4v) is 3.31. The average molecular weight is 261 g/mol. The highest BCUT2D eigenvalue weighted by atomic mass is 35.5. The van der Waals surface area contributed by atoms with E-state index in [9.17, 15) is 4.79 Å². The van der Waals surface area contributed by atoms with Crippen molar-refractivity contribution in [3.05, 3.63) is 0 Å². The van der Waals surface area contributed by atoms with Crippen molar-refractivity contribution in [1.29, 1.82) is 0 Å². The Bertz CT molecular complexity index is 277. The van der Waals surface area contributed by atoms with E-state index in [4.69, 9.17) is 5.73 Å². The van der Waals surface area contributed by atoms with Gasteiger partial charge >= 0.3 is 0 Å². The third-order valence-corrected chi connectivity index (χ3v) is 4.48. The van der Waals surface area contributed by atoms with Gasteiger partial charge in [-0.25, -0.2) is 0 Å². The lowest BCUT2D eigenvalue weighted by molar-refractivity contribution is -0.141. The molecule has 1 saturated carbocycles. The standard InChI is InChI=1S/C13H24N2O.ClH/c1-10-7-11(8-14)9-15(10)12(16)13(2)5-3-4-6-13;/h10-11H,3-9,14H2,1-2H3;1H. The number of carbonyl (C=O) groups is 1. The zero-order chi connectivity index (χ0) is 11.8. The Labute approximate surface area is 111 Å². The van der Waals surface area contributed by atoms with Crippen LogP contribution in [0.4, 0.5) is 0 Å². The number of hydrogen-bond donors (Lipinski definition) is 1. The van der Waals surface area contributed by atoms with Crippen LogP contribution >= 0.6 is 12.4 Å². The highest BCUT2D eigenvalue weighted by Crippen LogP contribution is 2.40. The molecule has 17 heavy (non-hydrogen) atoms. The van der Waals surface area contributed by atoms with Gasteiger partial charge in [0.2, 0.25) is 5.91 Å². The van der Waals surface area contributed by atoms with Crippen LogP contribution < -0.4 is 5.73 Å². The highest BCUT2D eigenvalue weighted by molar-refractivity contribution is 5.85. The lowest BCUT2D eigenvalue weighted by atomic mass is 9.87. The molecule has 0 bridgehead atoms. The van der Waals surface area contributed by atoms with Crippen LogP contribution in [0.25, 0.3) is 0 Å². The summed E-state index contributed by atoms with van der Waals surface area (Å²) < 4.78 is 0. The highest BCUT2D eigenvalue weighted by Gasteiger charge is 2.43. The third-order valence-electron chi connectivity index (χ3n) is 4.48. The summed E-state index contributed by atoms with van der Waals surface area (Å²) >= 11 is 0. The lowest BCUT2D eigenvalue weighted by Gasteiger charge is -2.31. The third kappa shape index (κ3) is 2.76. The Morgan fingerprint density at radius 3 is 2.47 bits per heavy atom. The molecule has 0 aromatic rings. The molecule has 0 aromatic carbocycles. The van der Waals surface area contributed by atoms with Crippen molar-refractivity contribution >= 4 is 18.3 Å². The summed E-state index contributed by atoms with van der Waals surface area (Å²) in [7, 11) is 0. The molecule has 2 unspecified atom stereocenters. The SMILES string of the molecule is CC1CC(CN)CN1C(=O)C1(C)CCCC1.Cl. The molecular weight excluding hydrogens is 236 g/mol. The molecule has 1 amide bonds. The molecule has 3 nitrogen and oxygen atoms in total. The van der Waals surface area contributed by atoms with E-state index >= 15 is 0 Å². The summed E-state index contributed by atoms with van der Waals surface area (Å²) in [6.45, 7) is 5.90. The quantitative estimate of drug-likeness (QED) is 0.827. The minimum absolute atomic E-state index is 0. The Kier molecular flexibility index (Phi) is 4.85. The molecule has 100 valence electrons. The van der Waals surface area contributed by atoms with Crippen molar-refractivity contribution in [3.8, 4) is 0 Å². The molecule has 0 radical (unpaired) electrons. The van der Waals surface area contributed by atoms with E-state index in [1.807, 2.05) is 0 Å². The molecule has 2 fully saturated rings. The van der Waals surface area contributed by atoms with Crippen LogP contribution in [0.5, 0.6) is 0 Å². The number of nitrogens with zero attached hydrogens (tertiary/aromatic N) is 1. The minimum atomic E-state index is -0.0717. The fraction of sp³-hybridized carbons (Fsp3) is 0.923. The molecule has 1 heterocycles. The van der Waals surface area contributed by atoms with Gasteiger partial charge in [0.15, 0.2) is 0 Å². The first-order valence-corrected chi connectivity index (χ1v) is 6.58. The number of amides is 1. The van der Waals surface area contributed by atoms with Gasteiger partial charge in [-0.2, -0.15) is 0 Å². The van der Waals surface area contributed by atoms with E-state index in [1.54, 1.807) is 0 Å². The van der Waals surface area contributed by atoms with Gasteiger partial charge in [-0.1, -0.05) is 19.8 Å². The molecule has 1 saturated heterocycles. The van der Waals surface area contributed by atoms with Crippen LogP contribution in [-0.4, -0.2) is 29.9 Å². The molecule has 0 aromatic heterocycles. The smallest absolute Gasteiger partial charge is 0.228 e. The maximum atomic E-state index is 12.5. The summed E-state index contributed by atoms with van der Waals surface area (Å²) in [5.74, 6) is 0.900. The second-order valence-corrected chi connectivity index (χ2v) is 5.91. The van der Waals surface area contributed by atoms with E-state index < -0.39 is 0 Å². The Morgan fingerprint density at radius 1 is 1.41 bits per heavy atom. The van der Waals surface area contributed by atoms with Crippen molar-refractivity contribution in [1.82, 2.24) is 4.90 Å². The summed E-state index contributed by atoms with van der Waals surface area (Å²) in [4.78, 5) is 14.6. The number of nitrogens with two attached hydrogens (primary N) is 1. The molecule has 1 aliphatic heterocycles. The molecule has 2 aliphatic rings. The Balaban J connectivity index is 0.00000144. The number of hydrogen-bond acceptors (Lipinski definition) is 2. The number of carbonyl (C=O) groups excluding carboxylic acids is 1. The summed E-state index contributed by atoms with van der Waals surface area (Å²) in [5.41, 5.74) is 5.64. The molecule has 2 atom stereocenters. The van der Waals surface area contributed by atoms with Gasteiger partial charge in [-0.3, -0.25) is 4.79 Å². The zero-order valence-electron chi connectivity index (χ0n) is 10.9. The van der Waals surface area contributed by atoms with Gasteiger partial charge in [0.1, 0.15) is 0 Å². The lowest BCUT2D eigenvalue weighted by Crippen LogP contribution is -2.43. The van der Waals surface area contributed by atoms with Crippen molar-refractivity contribution < 1.29 is 4.79 Å². The number of rotatable bonds is 2. The molecule has 0 spiro atoms. The predicted octanol–water partition coefficient (Wildman–Crippen LogP) is 2.18. The van der Waals surface area contributed by atoms with E-state index in [0.29, 0.717) is 24.4 Å². The van der Waals surface area contributed by atoms with Crippen LogP contribution in [0.2, 0.25) is 0 Å². The van der Waals surface area contributed by atoms with E-state index in [1.165, 1.54) is 12.8 Å². The van der Waals surface area contributed by atoms with Crippen LogP contribution in [0, 0.1) is 11.3 Å². The Morgan fingerprint density at radius 2 is 2.00 bits per heavy atom. The first-order chi connectivity index (χ1) is 7.57. The van der Waals surface area contributed by atoms with Crippen LogP contribution in [0.3, 0.4) is 0 Å². The molecular formula is C13H25ClN2O. The van der Waals surface area contributed by atoms with Crippen molar-refractivity contribution in [2.24, 2.45) is 17.1 Å². The van der Waals surface area contributed by atoms with Gasteiger partial charge < -0.3 is 10.6 Å². The molecule has 2 N–H and O–H groups in total.